The lowest BCUT2D eigenvalue weighted by molar-refractivity contribution is -0.338. The first-order valence-electron chi connectivity index (χ1n) is 14.6. The second-order valence-corrected chi connectivity index (χ2v) is 13.4. The summed E-state index contributed by atoms with van der Waals surface area (Å²) in [5, 5.41) is 9.54. The van der Waals surface area contributed by atoms with Crippen LogP contribution >= 0.6 is 0 Å². The summed E-state index contributed by atoms with van der Waals surface area (Å²) in [6, 6.07) is -0.278. The first-order chi connectivity index (χ1) is 16.8. The molecular weight excluding hydrogens is 442 g/mol. The number of carbonyl (C=O) groups excluding carboxylic acids is 1. The van der Waals surface area contributed by atoms with E-state index < -0.39 is 6.29 Å². The molecule has 12 atom stereocenters. The summed E-state index contributed by atoms with van der Waals surface area (Å²) in [5.74, 6) is 4.88. The number of aldehydes is 1. The van der Waals surface area contributed by atoms with E-state index in [0.717, 1.165) is 61.1 Å². The second-order valence-electron chi connectivity index (χ2n) is 13.4. The van der Waals surface area contributed by atoms with Gasteiger partial charge in [0.15, 0.2) is 6.29 Å². The Bertz CT molecular complexity index is 749. The van der Waals surface area contributed by atoms with Crippen molar-refractivity contribution in [2.75, 3.05) is 6.61 Å². The number of rotatable bonds is 10. The minimum atomic E-state index is -0.493. The molecule has 35 heavy (non-hydrogen) atoms. The van der Waals surface area contributed by atoms with Gasteiger partial charge in [0.2, 0.25) is 0 Å². The molecule has 1 heterocycles. The molecule has 3 N–H and O–H groups in total. The molecule has 1 aliphatic heterocycles. The molecule has 0 radical (unpaired) electrons. The summed E-state index contributed by atoms with van der Waals surface area (Å²) in [5.41, 5.74) is 6.79. The summed E-state index contributed by atoms with van der Waals surface area (Å²) >= 11 is 0. The van der Waals surface area contributed by atoms with Crippen molar-refractivity contribution in [2.24, 2.45) is 52.1 Å². The monoisotopic (exact) mass is 491 g/mol. The van der Waals surface area contributed by atoms with E-state index in [9.17, 15) is 9.90 Å². The highest BCUT2D eigenvalue weighted by molar-refractivity contribution is 5.50. The fourth-order valence-corrected chi connectivity index (χ4v) is 9.67. The zero-order valence-corrected chi connectivity index (χ0v) is 22.2. The Morgan fingerprint density at radius 1 is 1.09 bits per heavy atom. The lowest BCUT2D eigenvalue weighted by Gasteiger charge is -2.61. The molecule has 11 unspecified atom stereocenters. The number of epoxide rings is 1. The summed E-state index contributed by atoms with van der Waals surface area (Å²) < 4.78 is 5.26. The zero-order valence-electron chi connectivity index (χ0n) is 22.2. The molecule has 0 spiro atoms. The minimum Gasteiger partial charge on any atom is -0.366 e. The highest BCUT2D eigenvalue weighted by Crippen LogP contribution is 2.68. The molecule has 0 amide bonds. The summed E-state index contributed by atoms with van der Waals surface area (Å²) in [6.45, 7) is 7.99. The van der Waals surface area contributed by atoms with Crippen LogP contribution in [0.5, 0.6) is 0 Å². The predicted molar refractivity (Wildman–Crippen MR) is 134 cm³/mol. The van der Waals surface area contributed by atoms with Crippen LogP contribution in [0.25, 0.3) is 0 Å². The van der Waals surface area contributed by atoms with Crippen molar-refractivity contribution in [3.05, 3.63) is 0 Å². The van der Waals surface area contributed by atoms with Crippen LogP contribution in [-0.2, 0) is 19.3 Å². The normalized spacial score (nSPS) is 48.4. The SMILES string of the molecule is C[C@H](CCC1OC1O)C1CCC2C3CCC4CC(OOCC(N)CC=O)CCC4(C)C3CCC21C. The first kappa shape index (κ1) is 26.1. The van der Waals surface area contributed by atoms with E-state index in [1.54, 1.807) is 0 Å². The van der Waals surface area contributed by atoms with Crippen LogP contribution < -0.4 is 5.73 Å². The number of hydrogen-bond acceptors (Lipinski definition) is 6. The van der Waals surface area contributed by atoms with Crippen molar-refractivity contribution in [2.45, 2.75) is 122 Å². The van der Waals surface area contributed by atoms with Gasteiger partial charge in [-0.2, -0.15) is 0 Å². The Labute approximate surface area is 211 Å². The molecule has 5 fully saturated rings. The van der Waals surface area contributed by atoms with Gasteiger partial charge in [0.1, 0.15) is 12.4 Å². The average molecular weight is 492 g/mol. The summed E-state index contributed by atoms with van der Waals surface area (Å²) in [6.07, 6.45) is 14.8. The van der Waals surface area contributed by atoms with Gasteiger partial charge in [-0.3, -0.25) is 0 Å². The maximum atomic E-state index is 10.6. The number of fused-ring (bicyclic) bond motifs is 5. The highest BCUT2D eigenvalue weighted by Gasteiger charge is 2.60. The van der Waals surface area contributed by atoms with Crippen LogP contribution in [0.2, 0.25) is 0 Å². The predicted octanol–water partition coefficient (Wildman–Crippen LogP) is 5.01. The van der Waals surface area contributed by atoms with Crippen molar-refractivity contribution >= 4 is 6.29 Å². The fourth-order valence-electron chi connectivity index (χ4n) is 9.67. The Balaban J connectivity index is 1.17. The maximum absolute atomic E-state index is 10.6. The van der Waals surface area contributed by atoms with Crippen LogP contribution in [0, 0.1) is 46.3 Å². The summed E-state index contributed by atoms with van der Waals surface area (Å²) in [4.78, 5) is 21.8. The molecule has 5 rings (SSSR count). The first-order valence-corrected chi connectivity index (χ1v) is 14.6. The van der Waals surface area contributed by atoms with Crippen LogP contribution in [0.3, 0.4) is 0 Å². The van der Waals surface area contributed by atoms with Gasteiger partial charge in [-0.1, -0.05) is 20.8 Å². The Morgan fingerprint density at radius 3 is 2.57 bits per heavy atom. The van der Waals surface area contributed by atoms with E-state index in [1.807, 2.05) is 0 Å². The van der Waals surface area contributed by atoms with Gasteiger partial charge in [0.05, 0.1) is 12.7 Å². The van der Waals surface area contributed by atoms with Crippen LogP contribution in [0.15, 0.2) is 0 Å². The number of ether oxygens (including phenoxy) is 1. The maximum Gasteiger partial charge on any atom is 0.181 e. The standard InChI is InChI=1S/C29H49NO5/c1-18(4-9-26-27(32)34-26)23-7-8-24-22-6-5-19-16-21(35-33-17-20(30)12-15-31)10-13-28(19,2)25(22)11-14-29(23,24)3/h15,18-27,32H,4-14,16-17,30H2,1-3H3/t18-,19?,20?,21?,22?,23?,24?,25?,26?,27?,28?,29?/m1/s1. The van der Waals surface area contributed by atoms with Gasteiger partial charge in [-0.05, 0) is 117 Å². The third kappa shape index (κ3) is 4.99. The molecule has 6 nitrogen and oxygen atoms in total. The van der Waals surface area contributed by atoms with Crippen molar-refractivity contribution in [3.63, 3.8) is 0 Å². The van der Waals surface area contributed by atoms with Crippen LogP contribution in [0.1, 0.15) is 97.8 Å². The van der Waals surface area contributed by atoms with Gasteiger partial charge in [0, 0.05) is 12.5 Å². The van der Waals surface area contributed by atoms with Crippen LogP contribution in [-0.4, -0.2) is 42.5 Å². The van der Waals surface area contributed by atoms with E-state index in [2.05, 4.69) is 20.8 Å². The van der Waals surface area contributed by atoms with Crippen molar-refractivity contribution in [1.82, 2.24) is 0 Å². The zero-order chi connectivity index (χ0) is 24.8. The molecule has 0 aromatic heterocycles. The van der Waals surface area contributed by atoms with Crippen molar-refractivity contribution in [3.8, 4) is 0 Å². The number of aliphatic hydroxyl groups is 1. The van der Waals surface area contributed by atoms with E-state index in [4.69, 9.17) is 20.2 Å². The van der Waals surface area contributed by atoms with Crippen LogP contribution in [0.4, 0.5) is 0 Å². The van der Waals surface area contributed by atoms with Gasteiger partial charge in [-0.25, -0.2) is 9.78 Å². The number of nitrogens with two attached hydrogens (primary N) is 1. The Morgan fingerprint density at radius 2 is 1.83 bits per heavy atom. The Hall–Kier alpha value is -0.530. The number of carbonyl (C=O) groups is 1. The topological polar surface area (TPSA) is 94.3 Å². The second kappa shape index (κ2) is 10.3. The van der Waals surface area contributed by atoms with E-state index >= 15 is 0 Å². The minimum absolute atomic E-state index is 0.103. The quantitative estimate of drug-likeness (QED) is 0.193. The molecule has 1 saturated heterocycles. The average Bonchev–Trinajstić information content (AvgIpc) is 3.41. The molecule has 0 bridgehead atoms. The lowest BCUT2D eigenvalue weighted by Crippen LogP contribution is -2.54. The molecule has 4 saturated carbocycles. The number of hydrogen-bond donors (Lipinski definition) is 2. The van der Waals surface area contributed by atoms with Crippen molar-refractivity contribution in [1.29, 1.82) is 0 Å². The van der Waals surface area contributed by atoms with Gasteiger partial charge >= 0.3 is 0 Å². The van der Waals surface area contributed by atoms with Crippen molar-refractivity contribution < 1.29 is 24.4 Å². The van der Waals surface area contributed by atoms with E-state index in [-0.39, 0.29) is 24.9 Å². The summed E-state index contributed by atoms with van der Waals surface area (Å²) in [7, 11) is 0. The van der Waals surface area contributed by atoms with Gasteiger partial charge in [0.25, 0.3) is 0 Å². The molecule has 0 aromatic carbocycles. The highest BCUT2D eigenvalue weighted by atomic mass is 17.2. The third-order valence-electron chi connectivity index (χ3n) is 11.7. The van der Waals surface area contributed by atoms with E-state index in [1.165, 1.54) is 51.4 Å². The largest absolute Gasteiger partial charge is 0.366 e. The molecule has 200 valence electrons. The van der Waals surface area contributed by atoms with Gasteiger partial charge in [-0.15, -0.1) is 0 Å². The molecule has 5 aliphatic rings. The van der Waals surface area contributed by atoms with Gasteiger partial charge < -0.3 is 20.4 Å². The number of aliphatic hydroxyl groups excluding tert-OH is 1. The smallest absolute Gasteiger partial charge is 0.181 e. The Kier molecular flexibility index (Phi) is 7.69. The van der Waals surface area contributed by atoms with E-state index in [0.29, 0.717) is 17.3 Å². The fraction of sp³-hybridized carbons (Fsp3) is 0.966. The molecule has 6 heteroatoms. The molecular formula is C29H49NO5. The molecule has 0 aromatic rings. The molecule has 4 aliphatic carbocycles. The lowest BCUT2D eigenvalue weighted by atomic mass is 9.44. The third-order valence-corrected chi connectivity index (χ3v) is 11.7.